The molecule has 2 aliphatic rings. The summed E-state index contributed by atoms with van der Waals surface area (Å²) in [4.78, 5) is 48.3. The molecule has 8 atom stereocenters. The van der Waals surface area contributed by atoms with Gasteiger partial charge in [0.15, 0.2) is 0 Å². The lowest BCUT2D eigenvalue weighted by molar-refractivity contribution is -0.157. The van der Waals surface area contributed by atoms with E-state index in [9.17, 15) is 19.2 Å². The van der Waals surface area contributed by atoms with Crippen LogP contribution in [0.1, 0.15) is 47.0 Å². The van der Waals surface area contributed by atoms with Gasteiger partial charge in [-0.05, 0) is 25.3 Å². The highest BCUT2D eigenvalue weighted by Gasteiger charge is 2.53. The van der Waals surface area contributed by atoms with E-state index in [0.717, 1.165) is 6.29 Å². The fourth-order valence-corrected chi connectivity index (χ4v) is 4.78. The van der Waals surface area contributed by atoms with Gasteiger partial charge in [0.1, 0.15) is 24.6 Å². The minimum Gasteiger partial charge on any atom is -0.462 e. The number of ether oxygens (including phenoxy) is 4. The topological polar surface area (TPSA) is 105 Å². The molecule has 0 spiro atoms. The second kappa shape index (κ2) is 11.9. The highest BCUT2D eigenvalue weighted by Crippen LogP contribution is 2.45. The number of cyclic esters (lactones) is 1. The Morgan fingerprint density at radius 3 is 2.34 bits per heavy atom. The SMILES string of the molecule is COC1C2CC(=O)OC(C)CC=CC=CC(OC(C)=O)C(C)CC(C2C=O)C1OC(C)=O. The molecule has 0 aromatic carbocycles. The van der Waals surface area contributed by atoms with Crippen molar-refractivity contribution in [3.63, 3.8) is 0 Å². The van der Waals surface area contributed by atoms with Crippen LogP contribution in [0.15, 0.2) is 24.3 Å². The highest BCUT2D eigenvalue weighted by atomic mass is 16.6. The molecular weight excluding hydrogens is 416 g/mol. The standard InChI is InChI=1S/C24H34O8/c1-14-11-18-20(13-25)19(23(29-5)24(18)32-17(4)27)12-22(28)30-15(2)9-7-6-8-10-21(14)31-16(3)26/h6-8,10,13-15,18-21,23-24H,9,11-12H2,1-5H3. The van der Waals surface area contributed by atoms with E-state index in [1.54, 1.807) is 19.1 Å². The lowest BCUT2D eigenvalue weighted by Crippen LogP contribution is -2.36. The van der Waals surface area contributed by atoms with Crippen LogP contribution in [0.25, 0.3) is 0 Å². The Kier molecular flexibility index (Phi) is 9.62. The van der Waals surface area contributed by atoms with E-state index >= 15 is 0 Å². The molecule has 1 heterocycles. The molecule has 2 bridgehead atoms. The molecule has 1 saturated carbocycles. The number of carbonyl (C=O) groups is 4. The number of fused-ring (bicyclic) bond motifs is 2. The molecule has 32 heavy (non-hydrogen) atoms. The lowest BCUT2D eigenvalue weighted by Gasteiger charge is -2.29. The predicted molar refractivity (Wildman–Crippen MR) is 115 cm³/mol. The molecule has 0 aromatic rings. The monoisotopic (exact) mass is 450 g/mol. The number of aldehydes is 1. The Balaban J connectivity index is 2.47. The van der Waals surface area contributed by atoms with Crippen LogP contribution in [-0.2, 0) is 38.1 Å². The van der Waals surface area contributed by atoms with Crippen LogP contribution in [0.4, 0.5) is 0 Å². The van der Waals surface area contributed by atoms with E-state index in [1.165, 1.54) is 21.0 Å². The van der Waals surface area contributed by atoms with Gasteiger partial charge in [0.2, 0.25) is 0 Å². The van der Waals surface area contributed by atoms with Gasteiger partial charge in [-0.3, -0.25) is 14.4 Å². The zero-order chi connectivity index (χ0) is 23.8. The zero-order valence-corrected chi connectivity index (χ0v) is 19.4. The Hall–Kier alpha value is -2.48. The van der Waals surface area contributed by atoms with Crippen LogP contribution in [0, 0.1) is 23.7 Å². The van der Waals surface area contributed by atoms with Gasteiger partial charge in [-0.15, -0.1) is 0 Å². The Labute approximate surface area is 189 Å². The largest absolute Gasteiger partial charge is 0.462 e. The smallest absolute Gasteiger partial charge is 0.306 e. The van der Waals surface area contributed by atoms with Crippen LogP contribution in [-0.4, -0.2) is 55.7 Å². The van der Waals surface area contributed by atoms with Crippen molar-refractivity contribution in [1.29, 1.82) is 0 Å². The molecule has 1 aliphatic heterocycles. The van der Waals surface area contributed by atoms with Crippen molar-refractivity contribution < 1.29 is 38.1 Å². The van der Waals surface area contributed by atoms with Crippen molar-refractivity contribution in [3.05, 3.63) is 24.3 Å². The van der Waals surface area contributed by atoms with Crippen molar-refractivity contribution in [3.8, 4) is 0 Å². The van der Waals surface area contributed by atoms with Gasteiger partial charge in [-0.25, -0.2) is 0 Å². The fourth-order valence-electron chi connectivity index (χ4n) is 4.78. The molecule has 1 fully saturated rings. The molecule has 178 valence electrons. The first-order valence-corrected chi connectivity index (χ1v) is 11.0. The van der Waals surface area contributed by atoms with E-state index in [-0.39, 0.29) is 18.4 Å². The third kappa shape index (κ3) is 6.76. The molecule has 0 saturated heterocycles. The van der Waals surface area contributed by atoms with Gasteiger partial charge >= 0.3 is 17.9 Å². The maximum Gasteiger partial charge on any atom is 0.306 e. The molecule has 0 radical (unpaired) electrons. The Bertz CT molecular complexity index is 742. The molecule has 0 N–H and O–H groups in total. The van der Waals surface area contributed by atoms with Gasteiger partial charge in [0, 0.05) is 45.1 Å². The average Bonchev–Trinajstić information content (AvgIpc) is 2.96. The van der Waals surface area contributed by atoms with Crippen molar-refractivity contribution in [2.24, 2.45) is 23.7 Å². The summed E-state index contributed by atoms with van der Waals surface area (Å²) in [5.41, 5.74) is 0. The second-order valence-electron chi connectivity index (χ2n) is 8.66. The van der Waals surface area contributed by atoms with Crippen molar-refractivity contribution >= 4 is 24.2 Å². The quantitative estimate of drug-likeness (QED) is 0.366. The van der Waals surface area contributed by atoms with Crippen LogP contribution in [0.3, 0.4) is 0 Å². The number of hydrogen-bond acceptors (Lipinski definition) is 8. The lowest BCUT2D eigenvalue weighted by atomic mass is 9.81. The third-order valence-electron chi connectivity index (χ3n) is 6.15. The Morgan fingerprint density at radius 1 is 1.06 bits per heavy atom. The molecule has 1 aliphatic carbocycles. The second-order valence-corrected chi connectivity index (χ2v) is 8.66. The van der Waals surface area contributed by atoms with Crippen LogP contribution >= 0.6 is 0 Å². The van der Waals surface area contributed by atoms with E-state index in [0.29, 0.717) is 12.8 Å². The van der Waals surface area contributed by atoms with Crippen LogP contribution in [0.5, 0.6) is 0 Å². The highest BCUT2D eigenvalue weighted by molar-refractivity contribution is 5.71. The number of carbonyl (C=O) groups excluding carboxylic acids is 4. The molecule has 8 unspecified atom stereocenters. The number of esters is 3. The van der Waals surface area contributed by atoms with E-state index < -0.39 is 54.0 Å². The minimum absolute atomic E-state index is 0.0236. The maximum atomic E-state index is 12.6. The normalized spacial score (nSPS) is 35.8. The summed E-state index contributed by atoms with van der Waals surface area (Å²) in [7, 11) is 1.48. The summed E-state index contributed by atoms with van der Waals surface area (Å²) in [6.07, 6.45) is 6.77. The molecule has 0 amide bonds. The van der Waals surface area contributed by atoms with Gasteiger partial charge in [0.25, 0.3) is 0 Å². The van der Waals surface area contributed by atoms with Crippen LogP contribution < -0.4 is 0 Å². The molecule has 8 heteroatoms. The molecular formula is C24H34O8. The summed E-state index contributed by atoms with van der Waals surface area (Å²) >= 11 is 0. The number of methoxy groups -OCH3 is 1. The van der Waals surface area contributed by atoms with E-state index in [1.807, 2.05) is 19.1 Å². The molecule has 0 aromatic heterocycles. The summed E-state index contributed by atoms with van der Waals surface area (Å²) in [6, 6.07) is 0. The third-order valence-corrected chi connectivity index (χ3v) is 6.15. The minimum atomic E-state index is -0.708. The summed E-state index contributed by atoms with van der Waals surface area (Å²) < 4.78 is 22.3. The van der Waals surface area contributed by atoms with Gasteiger partial charge in [-0.1, -0.05) is 25.2 Å². The first kappa shape index (κ1) is 25.8. The maximum absolute atomic E-state index is 12.6. The van der Waals surface area contributed by atoms with Crippen LogP contribution in [0.2, 0.25) is 0 Å². The fraction of sp³-hybridized carbons (Fsp3) is 0.667. The molecule has 8 nitrogen and oxygen atoms in total. The summed E-state index contributed by atoms with van der Waals surface area (Å²) in [5, 5.41) is 0. The van der Waals surface area contributed by atoms with Crippen molar-refractivity contribution in [1.82, 2.24) is 0 Å². The van der Waals surface area contributed by atoms with E-state index in [2.05, 4.69) is 0 Å². The van der Waals surface area contributed by atoms with Crippen molar-refractivity contribution in [2.45, 2.75) is 71.4 Å². The first-order chi connectivity index (χ1) is 15.2. The van der Waals surface area contributed by atoms with Crippen molar-refractivity contribution in [2.75, 3.05) is 7.11 Å². The first-order valence-electron chi connectivity index (χ1n) is 11.0. The predicted octanol–water partition coefficient (Wildman–Crippen LogP) is 2.79. The Morgan fingerprint density at radius 2 is 1.75 bits per heavy atom. The number of hydrogen-bond donors (Lipinski definition) is 0. The summed E-state index contributed by atoms with van der Waals surface area (Å²) in [6.45, 7) is 6.35. The summed E-state index contributed by atoms with van der Waals surface area (Å²) in [5.74, 6) is -3.00. The van der Waals surface area contributed by atoms with Gasteiger partial charge in [0.05, 0.1) is 12.5 Å². The number of rotatable bonds is 4. The average molecular weight is 451 g/mol. The van der Waals surface area contributed by atoms with E-state index in [4.69, 9.17) is 18.9 Å². The van der Waals surface area contributed by atoms with Gasteiger partial charge in [-0.2, -0.15) is 0 Å². The van der Waals surface area contributed by atoms with Gasteiger partial charge < -0.3 is 23.7 Å². The zero-order valence-electron chi connectivity index (χ0n) is 19.4. The molecule has 2 rings (SSSR count). The number of allylic oxidation sites excluding steroid dienone is 2.